The van der Waals surface area contributed by atoms with Crippen molar-refractivity contribution in [1.29, 1.82) is 0 Å². The van der Waals surface area contributed by atoms with Gasteiger partial charge in [0.1, 0.15) is 55.5 Å². The zero-order valence-electron chi connectivity index (χ0n) is 51.6. The Kier molecular flexibility index (Phi) is 27.4. The van der Waals surface area contributed by atoms with E-state index in [1.807, 2.05) is 0 Å². The van der Waals surface area contributed by atoms with Gasteiger partial charge in [-0.3, -0.25) is 34.0 Å². The van der Waals surface area contributed by atoms with Crippen LogP contribution in [0.1, 0.15) is 82.1 Å². The summed E-state index contributed by atoms with van der Waals surface area (Å²) in [7, 11) is 0.671. The summed E-state index contributed by atoms with van der Waals surface area (Å²) in [4.78, 5) is 101. The van der Waals surface area contributed by atoms with Gasteiger partial charge in [0.25, 0.3) is 11.5 Å². The molecule has 33 heteroatoms. The fourth-order valence-electron chi connectivity index (χ4n) is 9.46. The molecule has 5 amide bonds. The average Bonchev–Trinajstić information content (AvgIpc) is 1.63. The van der Waals surface area contributed by atoms with Crippen molar-refractivity contribution in [3.05, 3.63) is 100 Å². The summed E-state index contributed by atoms with van der Waals surface area (Å²) in [5, 5.41) is 32.8. The van der Waals surface area contributed by atoms with Crippen LogP contribution in [0, 0.1) is 11.8 Å². The van der Waals surface area contributed by atoms with Gasteiger partial charge in [-0.2, -0.15) is 4.98 Å². The maximum absolute atomic E-state index is 14.3. The minimum Gasteiger partial charge on any atom is -0.474 e. The van der Waals surface area contributed by atoms with E-state index in [9.17, 15) is 43.5 Å². The number of aliphatic hydroxyl groups is 2. The van der Waals surface area contributed by atoms with Gasteiger partial charge in [-0.15, -0.1) is 9.05 Å². The second-order valence-electron chi connectivity index (χ2n) is 22.5. The summed E-state index contributed by atoms with van der Waals surface area (Å²) < 4.78 is 76.2. The number of rotatable bonds is 34. The number of nitrogens with zero attached hydrogens (tertiary/aromatic N) is 6. The largest absolute Gasteiger partial charge is 0.697 e. The molecule has 7 rings (SSSR count). The van der Waals surface area contributed by atoms with Crippen LogP contribution in [0.2, 0.25) is 0 Å². The summed E-state index contributed by atoms with van der Waals surface area (Å²) in [5.41, 5.74) is -0.487. The smallest absolute Gasteiger partial charge is 0.474 e. The first-order valence-electron chi connectivity index (χ1n) is 29.3. The van der Waals surface area contributed by atoms with Gasteiger partial charge in [0, 0.05) is 70.1 Å². The van der Waals surface area contributed by atoms with Crippen molar-refractivity contribution in [2.24, 2.45) is 11.8 Å². The number of aliphatic hydroxyl groups excluding tert-OH is 2. The van der Waals surface area contributed by atoms with Crippen LogP contribution in [-0.2, 0) is 74.0 Å². The minimum atomic E-state index is -2.96. The van der Waals surface area contributed by atoms with Crippen molar-refractivity contribution >= 4 is 70.4 Å². The molecule has 31 nitrogen and oxygen atoms in total. The third kappa shape index (κ3) is 21.7. The molecule has 2 unspecified atom stereocenters. The van der Waals surface area contributed by atoms with Crippen LogP contribution in [0.4, 0.5) is 21.2 Å². The lowest BCUT2D eigenvalue weighted by molar-refractivity contribution is -0.128. The Labute approximate surface area is 527 Å². The molecule has 1 aliphatic heterocycles. The van der Waals surface area contributed by atoms with Gasteiger partial charge in [0.2, 0.25) is 23.6 Å². The Bertz CT molecular complexity index is 3250. The number of aromatic amines is 1. The number of methoxy groups -OCH3 is 1. The Morgan fingerprint density at radius 2 is 1.60 bits per heavy atom. The summed E-state index contributed by atoms with van der Waals surface area (Å²) in [6.07, 6.45) is -3.32. The standard InChI is InChI=1S/C58H79N11O20P2/c1-34(2)45(64-56(76)88-58(4,5)6)52(74)62-35(3)50(72)63-39-14-12-36(13-15-39)29-83-57(77)68(18-19-80-22-23-82-25-24-81-21-20-79-7)28-37-10-8-9-11-41(37)51(73)66-55-65-49-46(53(75)67-55)61-33-69(49)54-48(47(71)43(87-54)31-84-90)89-91(78)85-30-38-26-40(27-42(38)70)86-44-16-17-59-32-60-44/h8-17,32-35,38,40,42-43,45,47-48,54,70-71H,18-31,90H2,1-7H3,(H4-,62,63,64,65,66,67,72,73,74,75,76)/p+1/t35-,38+,40+,42-,43+,45-,47+,48+,54+/m0/s1. The van der Waals surface area contributed by atoms with Crippen molar-refractivity contribution in [3.8, 4) is 5.88 Å². The average molecular weight is 1310 g/mol. The molecule has 5 aromatic rings. The highest BCUT2D eigenvalue weighted by Crippen LogP contribution is 2.41. The molecule has 91 heavy (non-hydrogen) atoms. The number of H-pyrrole nitrogens is 1. The summed E-state index contributed by atoms with van der Waals surface area (Å²) in [6.45, 7) is 11.4. The molecule has 0 bridgehead atoms. The zero-order valence-corrected chi connectivity index (χ0v) is 53.6. The molecule has 496 valence electrons. The van der Waals surface area contributed by atoms with Gasteiger partial charge in [-0.05, 0) is 69.4 Å². The lowest BCUT2D eigenvalue weighted by atomic mass is 10.0. The van der Waals surface area contributed by atoms with Gasteiger partial charge >= 0.3 is 20.4 Å². The molecule has 2 aromatic carbocycles. The van der Waals surface area contributed by atoms with Crippen molar-refractivity contribution in [2.45, 2.75) is 122 Å². The second kappa shape index (κ2) is 35.0. The van der Waals surface area contributed by atoms with E-state index in [2.05, 4.69) is 55.7 Å². The number of anilines is 2. The number of aromatic nitrogens is 6. The maximum atomic E-state index is 14.3. The Balaban J connectivity index is 0.995. The number of carbonyl (C=O) groups excluding carboxylic acids is 5. The van der Waals surface area contributed by atoms with E-state index in [0.717, 1.165) is 0 Å². The first-order valence-corrected chi connectivity index (χ1v) is 30.9. The number of nitrogens with one attached hydrogen (secondary N) is 5. The number of amides is 5. The van der Waals surface area contributed by atoms with Gasteiger partial charge in [0.05, 0.1) is 65.3 Å². The van der Waals surface area contributed by atoms with Crippen molar-refractivity contribution in [3.63, 3.8) is 0 Å². The van der Waals surface area contributed by atoms with E-state index in [0.29, 0.717) is 55.5 Å². The van der Waals surface area contributed by atoms with Crippen LogP contribution in [-0.4, -0.2) is 196 Å². The number of hydrogen-bond acceptors (Lipinski definition) is 24. The van der Waals surface area contributed by atoms with Crippen LogP contribution in [0.15, 0.2) is 78.2 Å². The quantitative estimate of drug-likeness (QED) is 0.0222. The molecule has 2 aliphatic rings. The van der Waals surface area contributed by atoms with Crippen LogP contribution >= 0.6 is 17.7 Å². The molecule has 1 saturated carbocycles. The number of hydrogen-bond donors (Lipinski definition) is 7. The maximum Gasteiger partial charge on any atom is 0.697 e. The van der Waals surface area contributed by atoms with E-state index >= 15 is 0 Å². The third-order valence-electron chi connectivity index (χ3n) is 14.1. The molecule has 0 radical (unpaired) electrons. The Morgan fingerprint density at radius 3 is 2.29 bits per heavy atom. The lowest BCUT2D eigenvalue weighted by Gasteiger charge is -2.26. The monoisotopic (exact) mass is 1310 g/mol. The van der Waals surface area contributed by atoms with Crippen molar-refractivity contribution < 1.29 is 90.2 Å². The molecule has 2 fully saturated rings. The fourth-order valence-corrected chi connectivity index (χ4v) is 10.4. The number of ether oxygens (including phenoxy) is 8. The number of alkyl carbamates (subject to hydrolysis) is 1. The van der Waals surface area contributed by atoms with Gasteiger partial charge in [0.15, 0.2) is 23.5 Å². The highest BCUT2D eigenvalue weighted by molar-refractivity contribution is 7.33. The van der Waals surface area contributed by atoms with Crippen molar-refractivity contribution in [2.75, 3.05) is 83.8 Å². The number of benzene rings is 2. The second-order valence-corrected chi connectivity index (χ2v) is 23.8. The first kappa shape index (κ1) is 71.2. The van der Waals surface area contributed by atoms with E-state index in [1.54, 1.807) is 90.3 Å². The normalized spacial score (nSPS) is 19.8. The van der Waals surface area contributed by atoms with Gasteiger partial charge < -0.3 is 73.5 Å². The predicted octanol–water partition coefficient (Wildman–Crippen LogP) is 4.33. The fraction of sp³-hybridized carbons (Fsp3) is 0.552. The van der Waals surface area contributed by atoms with Crippen LogP contribution in [0.25, 0.3) is 11.2 Å². The number of imidazole rings is 1. The third-order valence-corrected chi connectivity index (χ3v) is 15.1. The van der Waals surface area contributed by atoms with E-state index in [-0.39, 0.29) is 87.7 Å². The molecule has 1 aliphatic carbocycles. The summed E-state index contributed by atoms with van der Waals surface area (Å²) in [5.74, 6) is -2.64. The van der Waals surface area contributed by atoms with E-state index in [4.69, 9.17) is 51.5 Å². The molecule has 1 saturated heterocycles. The summed E-state index contributed by atoms with van der Waals surface area (Å²) in [6, 6.07) is 12.5. The van der Waals surface area contributed by atoms with Gasteiger partial charge in [-0.25, -0.2) is 24.5 Å². The van der Waals surface area contributed by atoms with Gasteiger partial charge in [-0.1, -0.05) is 44.2 Å². The Hall–Kier alpha value is -7.25. The Morgan fingerprint density at radius 1 is 0.890 bits per heavy atom. The lowest BCUT2D eigenvalue weighted by Crippen LogP contribution is -2.54. The SMILES string of the molecule is COCCOCCOCCOCCN(Cc1ccccc1C(=O)Nc1nc2c(ncn2[C@@H]2O[C@H](COP)[C@@H](O)[C@H]2O[P+](=O)OC[C@H]2C[C@@H](Oc3ccncn3)C[C@@H]2O)c(=O)[nH]1)C(=O)OCc1ccc(NC(=O)[C@H](C)NC(=O)[C@@H](NC(=O)OC(C)(C)C)C(C)C)cc1. The van der Waals surface area contributed by atoms with Crippen molar-refractivity contribution in [1.82, 2.24) is 45.0 Å². The summed E-state index contributed by atoms with van der Waals surface area (Å²) >= 11 is 0. The highest BCUT2D eigenvalue weighted by Gasteiger charge is 2.52. The minimum absolute atomic E-state index is 0.00260. The zero-order chi connectivity index (χ0) is 65.6. The molecular weight excluding hydrogens is 1230 g/mol. The highest BCUT2D eigenvalue weighted by atomic mass is 31.1. The molecule has 3 aromatic heterocycles. The topological polar surface area (TPSA) is 385 Å². The number of carbonyl (C=O) groups is 5. The van der Waals surface area contributed by atoms with E-state index < -0.39 is 104 Å². The predicted molar refractivity (Wildman–Crippen MR) is 327 cm³/mol. The van der Waals surface area contributed by atoms with Crippen LogP contribution in [0.3, 0.4) is 0 Å². The van der Waals surface area contributed by atoms with E-state index in [1.165, 1.54) is 41.3 Å². The molecular formula is C58H80N11O20P2+. The van der Waals surface area contributed by atoms with Crippen LogP contribution < -0.4 is 31.6 Å². The molecule has 7 N–H and O–H groups in total. The number of fused-ring (bicyclic) bond motifs is 1. The first-order chi connectivity index (χ1) is 43.6. The van der Waals surface area contributed by atoms with Crippen LogP contribution in [0.5, 0.6) is 5.88 Å². The molecule has 4 heterocycles. The molecule has 11 atom stereocenters. The molecule has 0 spiro atoms.